The highest BCUT2D eigenvalue weighted by molar-refractivity contribution is 7.89. The molecule has 1 aromatic carbocycles. The molecule has 1 fully saturated rings. The number of morpholine rings is 1. The van der Waals surface area contributed by atoms with Crippen molar-refractivity contribution >= 4 is 10.0 Å². The lowest BCUT2D eigenvalue weighted by atomic mass is 10.2. The minimum atomic E-state index is -3.53. The number of benzene rings is 1. The summed E-state index contributed by atoms with van der Waals surface area (Å²) in [5.74, 6) is 0. The van der Waals surface area contributed by atoms with Crippen molar-refractivity contribution in [2.75, 3.05) is 32.8 Å². The molecule has 0 radical (unpaired) electrons. The zero-order valence-electron chi connectivity index (χ0n) is 11.2. The fourth-order valence-corrected chi connectivity index (χ4v) is 3.62. The molecule has 2 rings (SSSR count). The van der Waals surface area contributed by atoms with Crippen LogP contribution in [-0.2, 0) is 21.2 Å². The van der Waals surface area contributed by atoms with Gasteiger partial charge in [0, 0.05) is 13.1 Å². The first-order valence-corrected chi connectivity index (χ1v) is 8.03. The Hall–Kier alpha value is -0.990. The number of hydrogen-bond donors (Lipinski definition) is 2. The van der Waals surface area contributed by atoms with Crippen molar-refractivity contribution in [3.05, 3.63) is 29.8 Å². The minimum Gasteiger partial charge on any atom is -0.394 e. The Morgan fingerprint density at radius 3 is 2.65 bits per heavy atom. The molecule has 1 saturated heterocycles. The van der Waals surface area contributed by atoms with Crippen LogP contribution in [0, 0.1) is 0 Å². The van der Waals surface area contributed by atoms with Crippen molar-refractivity contribution in [1.29, 1.82) is 0 Å². The lowest BCUT2D eigenvalue weighted by molar-refractivity contribution is -0.0304. The summed E-state index contributed by atoms with van der Waals surface area (Å²) in [6.45, 7) is 1.15. The molecular formula is C13H20N2O4S. The van der Waals surface area contributed by atoms with E-state index < -0.39 is 16.1 Å². The Labute approximate surface area is 119 Å². The predicted molar refractivity (Wildman–Crippen MR) is 74.8 cm³/mol. The van der Waals surface area contributed by atoms with E-state index in [-0.39, 0.29) is 18.0 Å². The van der Waals surface area contributed by atoms with Crippen LogP contribution in [0.2, 0.25) is 0 Å². The van der Waals surface area contributed by atoms with Gasteiger partial charge in [0.1, 0.15) is 0 Å². The van der Waals surface area contributed by atoms with Gasteiger partial charge in [-0.1, -0.05) is 12.1 Å². The van der Waals surface area contributed by atoms with E-state index in [1.54, 1.807) is 24.3 Å². The first kappa shape index (κ1) is 15.4. The number of rotatable bonds is 5. The molecular weight excluding hydrogens is 280 g/mol. The third-order valence-corrected chi connectivity index (χ3v) is 5.18. The average molecular weight is 300 g/mol. The van der Waals surface area contributed by atoms with Crippen molar-refractivity contribution in [2.24, 2.45) is 5.73 Å². The standard InChI is InChI=1S/C13H20N2O4S/c14-6-5-11-1-3-13(4-2-11)20(17,18)15-7-8-19-12(9-15)10-16/h1-4,12,16H,5-10,14H2. The molecule has 0 amide bonds. The van der Waals surface area contributed by atoms with Crippen molar-refractivity contribution in [2.45, 2.75) is 17.4 Å². The van der Waals surface area contributed by atoms with E-state index in [1.807, 2.05) is 0 Å². The summed E-state index contributed by atoms with van der Waals surface area (Å²) in [7, 11) is -3.53. The molecule has 1 heterocycles. The first-order valence-electron chi connectivity index (χ1n) is 6.59. The van der Waals surface area contributed by atoms with Crippen LogP contribution in [0.25, 0.3) is 0 Å². The number of sulfonamides is 1. The van der Waals surface area contributed by atoms with Gasteiger partial charge < -0.3 is 15.6 Å². The van der Waals surface area contributed by atoms with Gasteiger partial charge in [-0.25, -0.2) is 8.42 Å². The summed E-state index contributed by atoms with van der Waals surface area (Å²) >= 11 is 0. The average Bonchev–Trinajstić information content (AvgIpc) is 2.48. The Morgan fingerprint density at radius 2 is 2.05 bits per heavy atom. The molecule has 0 saturated carbocycles. The van der Waals surface area contributed by atoms with Crippen LogP contribution in [0.5, 0.6) is 0 Å². The molecule has 1 atom stereocenters. The molecule has 3 N–H and O–H groups in total. The number of aliphatic hydroxyl groups excluding tert-OH is 1. The number of aliphatic hydroxyl groups is 1. The van der Waals surface area contributed by atoms with Gasteiger partial charge in [0.25, 0.3) is 0 Å². The number of nitrogens with zero attached hydrogens (tertiary/aromatic N) is 1. The second-order valence-electron chi connectivity index (χ2n) is 4.72. The van der Waals surface area contributed by atoms with E-state index in [2.05, 4.69) is 0 Å². The third kappa shape index (κ3) is 3.36. The molecule has 1 aromatic rings. The molecule has 1 aliphatic rings. The van der Waals surface area contributed by atoms with Crippen molar-refractivity contribution in [3.8, 4) is 0 Å². The van der Waals surface area contributed by atoms with Crippen molar-refractivity contribution in [1.82, 2.24) is 4.31 Å². The fraction of sp³-hybridized carbons (Fsp3) is 0.538. The van der Waals surface area contributed by atoms with E-state index in [1.165, 1.54) is 4.31 Å². The molecule has 0 bridgehead atoms. The van der Waals surface area contributed by atoms with E-state index in [0.29, 0.717) is 19.7 Å². The zero-order valence-corrected chi connectivity index (χ0v) is 12.1. The van der Waals surface area contributed by atoms with Crippen LogP contribution in [0.4, 0.5) is 0 Å². The van der Waals surface area contributed by atoms with E-state index in [4.69, 9.17) is 15.6 Å². The fourth-order valence-electron chi connectivity index (χ4n) is 2.16. The molecule has 1 unspecified atom stereocenters. The Morgan fingerprint density at radius 1 is 1.35 bits per heavy atom. The summed E-state index contributed by atoms with van der Waals surface area (Å²) in [5.41, 5.74) is 6.48. The monoisotopic (exact) mass is 300 g/mol. The maximum Gasteiger partial charge on any atom is 0.243 e. The summed E-state index contributed by atoms with van der Waals surface area (Å²) in [6.07, 6.45) is 0.278. The smallest absolute Gasteiger partial charge is 0.243 e. The summed E-state index contributed by atoms with van der Waals surface area (Å²) < 4.78 is 31.6. The van der Waals surface area contributed by atoms with Gasteiger partial charge in [-0.05, 0) is 30.7 Å². The van der Waals surface area contributed by atoms with E-state index >= 15 is 0 Å². The topological polar surface area (TPSA) is 92.9 Å². The van der Waals surface area contributed by atoms with Gasteiger partial charge in [-0.15, -0.1) is 0 Å². The zero-order chi connectivity index (χ0) is 14.6. The minimum absolute atomic E-state index is 0.179. The molecule has 6 nitrogen and oxygen atoms in total. The Kier molecular flexibility index (Phi) is 5.11. The molecule has 20 heavy (non-hydrogen) atoms. The van der Waals surface area contributed by atoms with Gasteiger partial charge in [0.15, 0.2) is 0 Å². The molecule has 0 aromatic heterocycles. The quantitative estimate of drug-likeness (QED) is 0.770. The maximum atomic E-state index is 12.5. The van der Waals surface area contributed by atoms with Gasteiger partial charge in [-0.3, -0.25) is 0 Å². The summed E-state index contributed by atoms with van der Waals surface area (Å²) in [4.78, 5) is 0.261. The number of ether oxygens (including phenoxy) is 1. The van der Waals surface area contributed by atoms with Gasteiger partial charge in [0.05, 0.1) is 24.2 Å². The number of hydrogen-bond acceptors (Lipinski definition) is 5. The SMILES string of the molecule is NCCc1ccc(S(=O)(=O)N2CCOC(CO)C2)cc1. The molecule has 112 valence electrons. The van der Waals surface area contributed by atoms with Gasteiger partial charge >= 0.3 is 0 Å². The van der Waals surface area contributed by atoms with Crippen LogP contribution in [0.15, 0.2) is 29.2 Å². The van der Waals surface area contributed by atoms with Crippen molar-refractivity contribution in [3.63, 3.8) is 0 Å². The first-order chi connectivity index (χ1) is 9.57. The maximum absolute atomic E-state index is 12.5. The van der Waals surface area contributed by atoms with Gasteiger partial charge in [0.2, 0.25) is 10.0 Å². The van der Waals surface area contributed by atoms with E-state index in [9.17, 15) is 8.42 Å². The van der Waals surface area contributed by atoms with Crippen LogP contribution in [-0.4, -0.2) is 56.8 Å². The van der Waals surface area contributed by atoms with Gasteiger partial charge in [-0.2, -0.15) is 4.31 Å². The highest BCUT2D eigenvalue weighted by Gasteiger charge is 2.30. The van der Waals surface area contributed by atoms with Crippen molar-refractivity contribution < 1.29 is 18.3 Å². The molecule has 0 spiro atoms. The molecule has 1 aliphatic heterocycles. The summed E-state index contributed by atoms with van der Waals surface area (Å²) in [6, 6.07) is 6.76. The van der Waals surface area contributed by atoms with Crippen LogP contribution >= 0.6 is 0 Å². The van der Waals surface area contributed by atoms with Crippen LogP contribution < -0.4 is 5.73 Å². The largest absolute Gasteiger partial charge is 0.394 e. The second-order valence-corrected chi connectivity index (χ2v) is 6.66. The van der Waals surface area contributed by atoms with E-state index in [0.717, 1.165) is 12.0 Å². The predicted octanol–water partition coefficient (Wildman–Crippen LogP) is -0.430. The molecule has 0 aliphatic carbocycles. The van der Waals surface area contributed by atoms with Crippen LogP contribution in [0.1, 0.15) is 5.56 Å². The van der Waals surface area contributed by atoms with Crippen LogP contribution in [0.3, 0.4) is 0 Å². The Balaban J connectivity index is 2.16. The highest BCUT2D eigenvalue weighted by atomic mass is 32.2. The number of nitrogens with two attached hydrogens (primary N) is 1. The second kappa shape index (κ2) is 6.64. The molecule has 7 heteroatoms. The lowest BCUT2D eigenvalue weighted by Crippen LogP contribution is -2.46. The lowest BCUT2D eigenvalue weighted by Gasteiger charge is -2.31. The Bertz CT molecular complexity index is 530. The highest BCUT2D eigenvalue weighted by Crippen LogP contribution is 2.19. The summed E-state index contributed by atoms with van der Waals surface area (Å²) in [5, 5.41) is 9.08. The third-order valence-electron chi connectivity index (χ3n) is 3.30. The normalized spacial score (nSPS) is 21.0.